The van der Waals surface area contributed by atoms with E-state index in [4.69, 9.17) is 18.9 Å². The fourth-order valence-electron chi connectivity index (χ4n) is 4.44. The van der Waals surface area contributed by atoms with Gasteiger partial charge in [-0.2, -0.15) is 0 Å². The molecule has 1 aromatic carbocycles. The summed E-state index contributed by atoms with van der Waals surface area (Å²) in [4.78, 5) is 32.6. The average molecular weight is 514 g/mol. The van der Waals surface area contributed by atoms with Crippen LogP contribution in [0, 0.1) is 0 Å². The summed E-state index contributed by atoms with van der Waals surface area (Å²) in [5.41, 5.74) is 2.46. The number of esters is 1. The summed E-state index contributed by atoms with van der Waals surface area (Å²) in [7, 11) is 3.13. The molecule has 0 saturated carbocycles. The summed E-state index contributed by atoms with van der Waals surface area (Å²) in [5.74, 6) is 0.491. The zero-order valence-corrected chi connectivity index (χ0v) is 21.6. The summed E-state index contributed by atoms with van der Waals surface area (Å²) in [6, 6.07) is 4.93. The van der Waals surface area contributed by atoms with Gasteiger partial charge in [0.15, 0.2) is 16.7 Å². The zero-order chi connectivity index (χ0) is 25.7. The summed E-state index contributed by atoms with van der Waals surface area (Å²) >= 11 is 1.42. The highest BCUT2D eigenvalue weighted by Gasteiger charge is 2.41. The van der Waals surface area contributed by atoms with Gasteiger partial charge in [0.1, 0.15) is 6.61 Å². The van der Waals surface area contributed by atoms with E-state index in [1.54, 1.807) is 27.2 Å². The van der Waals surface area contributed by atoms with Crippen LogP contribution in [-0.2, 0) is 19.1 Å². The van der Waals surface area contributed by atoms with E-state index in [0.29, 0.717) is 34.5 Å². The van der Waals surface area contributed by atoms with Crippen molar-refractivity contribution in [1.29, 1.82) is 0 Å². The van der Waals surface area contributed by atoms with Crippen LogP contribution in [0.25, 0.3) is 0 Å². The third-order valence-electron chi connectivity index (χ3n) is 6.17. The van der Waals surface area contributed by atoms with Crippen molar-refractivity contribution in [3.8, 4) is 11.5 Å². The Morgan fingerprint density at radius 2 is 2.11 bits per heavy atom. The van der Waals surface area contributed by atoms with E-state index in [1.807, 2.05) is 22.4 Å². The van der Waals surface area contributed by atoms with Crippen molar-refractivity contribution in [3.63, 3.8) is 0 Å². The van der Waals surface area contributed by atoms with Crippen LogP contribution in [0.15, 0.2) is 58.2 Å². The number of aliphatic imine (C=N–C) groups is 1. The van der Waals surface area contributed by atoms with Gasteiger partial charge in [0, 0.05) is 18.8 Å². The lowest BCUT2D eigenvalue weighted by Gasteiger charge is -2.36. The van der Waals surface area contributed by atoms with Gasteiger partial charge in [0.2, 0.25) is 5.91 Å². The SMILES string of the molecule is C=CCOC(=O)C1=C(C)N=C2SC=C(CC(=O)NC[C@@H]3CCCO3)N2[C@H]1c1ccc(OC)c(OC)c1. The molecule has 0 bridgehead atoms. The molecule has 0 unspecified atom stereocenters. The van der Waals surface area contributed by atoms with E-state index < -0.39 is 12.0 Å². The van der Waals surface area contributed by atoms with E-state index >= 15 is 0 Å². The molecular formula is C26H31N3O6S. The van der Waals surface area contributed by atoms with Crippen molar-refractivity contribution in [1.82, 2.24) is 10.2 Å². The number of thioether (sulfide) groups is 1. The third kappa shape index (κ3) is 5.44. The number of hydrogen-bond donors (Lipinski definition) is 1. The van der Waals surface area contributed by atoms with E-state index in [-0.39, 0.29) is 25.0 Å². The molecule has 3 heterocycles. The molecule has 1 saturated heterocycles. The number of benzene rings is 1. The summed E-state index contributed by atoms with van der Waals surface area (Å²) < 4.78 is 22.0. The van der Waals surface area contributed by atoms with Gasteiger partial charge in [0.25, 0.3) is 0 Å². The Kier molecular flexibility index (Phi) is 8.37. The van der Waals surface area contributed by atoms with Crippen molar-refractivity contribution in [2.45, 2.75) is 38.3 Å². The van der Waals surface area contributed by atoms with Crippen molar-refractivity contribution >= 4 is 28.8 Å². The monoisotopic (exact) mass is 513 g/mol. The minimum absolute atomic E-state index is 0.0596. The number of carbonyl (C=O) groups is 2. The molecule has 1 fully saturated rings. The Morgan fingerprint density at radius 3 is 2.81 bits per heavy atom. The van der Waals surface area contributed by atoms with Gasteiger partial charge in [-0.1, -0.05) is 30.5 Å². The highest BCUT2D eigenvalue weighted by Crippen LogP contribution is 2.46. The van der Waals surface area contributed by atoms with Crippen LogP contribution in [-0.4, -0.2) is 62.0 Å². The Balaban J connectivity index is 1.65. The van der Waals surface area contributed by atoms with Crippen LogP contribution >= 0.6 is 11.8 Å². The molecule has 0 aromatic heterocycles. The normalized spacial score (nSPS) is 20.9. The molecule has 10 heteroatoms. The Labute approximate surface area is 215 Å². The maximum atomic E-state index is 13.2. The number of nitrogens with one attached hydrogen (secondary N) is 1. The second-order valence-corrected chi connectivity index (χ2v) is 9.35. The molecule has 2 atom stereocenters. The number of rotatable bonds is 10. The number of carbonyl (C=O) groups excluding carboxylic acids is 2. The Bertz CT molecular complexity index is 1120. The summed E-state index contributed by atoms with van der Waals surface area (Å²) in [6.07, 6.45) is 3.68. The first-order valence-corrected chi connectivity index (χ1v) is 12.7. The van der Waals surface area contributed by atoms with E-state index in [0.717, 1.165) is 30.7 Å². The number of amides is 1. The van der Waals surface area contributed by atoms with E-state index in [1.165, 1.54) is 17.8 Å². The van der Waals surface area contributed by atoms with Gasteiger partial charge in [-0.05, 0) is 42.9 Å². The molecule has 1 amide bonds. The number of amidine groups is 1. The maximum Gasteiger partial charge on any atom is 0.338 e. The molecule has 0 aliphatic carbocycles. The maximum absolute atomic E-state index is 13.2. The van der Waals surface area contributed by atoms with E-state index in [2.05, 4.69) is 16.9 Å². The first kappa shape index (κ1) is 25.8. The largest absolute Gasteiger partial charge is 0.493 e. The molecule has 1 N–H and O–H groups in total. The molecule has 0 spiro atoms. The van der Waals surface area contributed by atoms with Crippen molar-refractivity contribution in [2.24, 2.45) is 4.99 Å². The van der Waals surface area contributed by atoms with Gasteiger partial charge < -0.3 is 29.2 Å². The number of ether oxygens (including phenoxy) is 4. The fourth-order valence-corrected chi connectivity index (χ4v) is 5.41. The molecule has 192 valence electrons. The minimum Gasteiger partial charge on any atom is -0.493 e. The second kappa shape index (κ2) is 11.7. The molecule has 3 aliphatic heterocycles. The molecule has 36 heavy (non-hydrogen) atoms. The van der Waals surface area contributed by atoms with Gasteiger partial charge in [-0.3, -0.25) is 4.79 Å². The quantitative estimate of drug-likeness (QED) is 0.374. The van der Waals surface area contributed by atoms with Crippen LogP contribution in [0.1, 0.15) is 37.8 Å². The second-order valence-electron chi connectivity index (χ2n) is 8.51. The number of fused-ring (bicyclic) bond motifs is 1. The summed E-state index contributed by atoms with van der Waals surface area (Å²) in [6.45, 7) is 6.72. The Hall–Kier alpha value is -3.24. The lowest BCUT2D eigenvalue weighted by atomic mass is 9.93. The molecule has 9 nitrogen and oxygen atoms in total. The van der Waals surface area contributed by atoms with Crippen molar-refractivity contribution < 1.29 is 28.5 Å². The smallest absolute Gasteiger partial charge is 0.338 e. The van der Waals surface area contributed by atoms with Crippen molar-refractivity contribution in [3.05, 3.63) is 58.8 Å². The van der Waals surface area contributed by atoms with Crippen LogP contribution < -0.4 is 14.8 Å². The Morgan fingerprint density at radius 1 is 1.31 bits per heavy atom. The first-order valence-electron chi connectivity index (χ1n) is 11.8. The first-order chi connectivity index (χ1) is 17.5. The standard InChI is InChI=1S/C26H31N3O6S/c1-5-10-35-25(31)23-16(2)28-26-29(24(23)17-8-9-20(32-3)21(12-17)33-4)18(15-36-26)13-22(30)27-14-19-7-6-11-34-19/h5,8-9,12,15,19,24H,1,6-7,10-11,13-14H2,2-4H3,(H,27,30)/t19-,24-/m0/s1. The number of nitrogens with zero attached hydrogens (tertiary/aromatic N) is 2. The van der Waals surface area contributed by atoms with E-state index in [9.17, 15) is 9.59 Å². The lowest BCUT2D eigenvalue weighted by Crippen LogP contribution is -2.38. The predicted molar refractivity (Wildman–Crippen MR) is 138 cm³/mol. The summed E-state index contributed by atoms with van der Waals surface area (Å²) in [5, 5.41) is 5.57. The topological polar surface area (TPSA) is 98.7 Å². The fraction of sp³-hybridized carbons (Fsp3) is 0.423. The molecule has 3 aliphatic rings. The molecular weight excluding hydrogens is 482 g/mol. The van der Waals surface area contributed by atoms with Crippen LogP contribution in [0.3, 0.4) is 0 Å². The minimum atomic E-state index is -0.568. The predicted octanol–water partition coefficient (Wildman–Crippen LogP) is 3.69. The highest BCUT2D eigenvalue weighted by atomic mass is 32.2. The van der Waals surface area contributed by atoms with Gasteiger partial charge in [0.05, 0.1) is 44.1 Å². The van der Waals surface area contributed by atoms with Gasteiger partial charge in [-0.25, -0.2) is 9.79 Å². The van der Waals surface area contributed by atoms with Crippen LogP contribution in [0.5, 0.6) is 11.5 Å². The number of allylic oxidation sites excluding steroid dienone is 1. The van der Waals surface area contributed by atoms with Gasteiger partial charge in [-0.15, -0.1) is 0 Å². The zero-order valence-electron chi connectivity index (χ0n) is 20.7. The molecule has 1 aromatic rings. The highest BCUT2D eigenvalue weighted by molar-refractivity contribution is 8.16. The number of methoxy groups -OCH3 is 2. The van der Waals surface area contributed by atoms with Crippen molar-refractivity contribution in [2.75, 3.05) is 34.0 Å². The molecule has 4 rings (SSSR count). The number of hydrogen-bond acceptors (Lipinski definition) is 9. The van der Waals surface area contributed by atoms with Gasteiger partial charge >= 0.3 is 5.97 Å². The average Bonchev–Trinajstić information content (AvgIpc) is 3.55. The third-order valence-corrected chi connectivity index (χ3v) is 7.06. The molecule has 0 radical (unpaired) electrons. The lowest BCUT2D eigenvalue weighted by molar-refractivity contribution is -0.138. The van der Waals surface area contributed by atoms with Crippen LogP contribution in [0.4, 0.5) is 0 Å². The van der Waals surface area contributed by atoms with Crippen LogP contribution in [0.2, 0.25) is 0 Å².